The van der Waals surface area contributed by atoms with E-state index in [9.17, 15) is 33.3 Å². The number of carbonyl (C=O) groups excluding carboxylic acids is 1. The van der Waals surface area contributed by atoms with Gasteiger partial charge in [-0.3, -0.25) is 4.57 Å². The summed E-state index contributed by atoms with van der Waals surface area (Å²) in [6.07, 6.45) is -5.72. The molecule has 2 unspecified atom stereocenters. The predicted octanol–water partition coefficient (Wildman–Crippen LogP) is 3.33. The molecular weight excluding hydrogens is 445 g/mol. The first-order valence-electron chi connectivity index (χ1n) is 10.0. The maximum atomic E-state index is 13.5. The molecule has 1 saturated heterocycles. The van der Waals surface area contributed by atoms with Gasteiger partial charge in [-0.2, -0.15) is 18.4 Å². The minimum absolute atomic E-state index is 0.0439. The Morgan fingerprint density at radius 3 is 2.39 bits per heavy atom. The van der Waals surface area contributed by atoms with Crippen LogP contribution < -0.4 is 0 Å². The molecule has 2 aliphatic heterocycles. The highest BCUT2D eigenvalue weighted by Crippen LogP contribution is 2.68. The lowest BCUT2D eigenvalue weighted by Gasteiger charge is -2.36. The van der Waals surface area contributed by atoms with Crippen LogP contribution in [0.15, 0.2) is 18.2 Å². The number of hydrogen-bond acceptors (Lipinski definition) is 7. The molecule has 0 amide bonds. The number of ether oxygens (including phenoxy) is 2. The van der Waals surface area contributed by atoms with E-state index in [1.165, 1.54) is 19.9 Å². The Balaban J connectivity index is 1.93. The molecule has 3 N–H and O–H groups in total. The maximum absolute atomic E-state index is 13.5. The van der Waals surface area contributed by atoms with Crippen LogP contribution >= 0.6 is 0 Å². The number of nitriles is 1. The van der Waals surface area contributed by atoms with Gasteiger partial charge in [0.15, 0.2) is 5.60 Å². The van der Waals surface area contributed by atoms with Crippen LogP contribution in [0.2, 0.25) is 0 Å². The van der Waals surface area contributed by atoms with Crippen LogP contribution in [0.1, 0.15) is 56.4 Å². The second-order valence-corrected chi connectivity index (χ2v) is 8.93. The van der Waals surface area contributed by atoms with E-state index >= 15 is 0 Å². The van der Waals surface area contributed by atoms with Crippen molar-refractivity contribution in [1.29, 1.82) is 5.26 Å². The van der Waals surface area contributed by atoms with Crippen molar-refractivity contribution in [3.8, 4) is 23.5 Å². The molecule has 0 aliphatic carbocycles. The Morgan fingerprint density at radius 2 is 1.85 bits per heavy atom. The Bertz CT molecular complexity index is 1230. The first kappa shape index (κ1) is 22.9. The fourth-order valence-electron chi connectivity index (χ4n) is 4.95. The standard InChI is InChI=1S/C22H21F3N2O6/c1-10(2)32-18(30)21(31)9-19(3)14-15(20(21,4)33-19)17(29)27(16(14)28)12-6-5-11(8-26)13(7-12)22(23,24)25/h5-7,10,28-29,31H,9H2,1-4H3/t19?,20?,21-/m1/s1. The number of aromatic nitrogens is 1. The van der Waals surface area contributed by atoms with Gasteiger partial charge in [-0.25, -0.2) is 4.79 Å². The second-order valence-electron chi connectivity index (χ2n) is 8.93. The summed E-state index contributed by atoms with van der Waals surface area (Å²) in [6.45, 7) is 6.01. The average Bonchev–Trinajstić information content (AvgIpc) is 3.19. The van der Waals surface area contributed by atoms with Crippen LogP contribution in [0.5, 0.6) is 11.8 Å². The zero-order chi connectivity index (χ0) is 24.7. The van der Waals surface area contributed by atoms with Gasteiger partial charge in [-0.1, -0.05) is 0 Å². The Kier molecular flexibility index (Phi) is 4.62. The molecule has 0 radical (unpaired) electrons. The summed E-state index contributed by atoms with van der Waals surface area (Å²) >= 11 is 0. The van der Waals surface area contributed by atoms with Crippen LogP contribution in [-0.4, -0.2) is 37.6 Å². The van der Waals surface area contributed by atoms with Crippen LogP contribution in [-0.2, 0) is 31.6 Å². The Labute approximate surface area is 186 Å². The van der Waals surface area contributed by atoms with Crippen molar-refractivity contribution in [2.75, 3.05) is 0 Å². The fraction of sp³-hybridized carbons (Fsp3) is 0.455. The van der Waals surface area contributed by atoms with Gasteiger partial charge in [0.1, 0.15) is 11.2 Å². The van der Waals surface area contributed by atoms with Crippen molar-refractivity contribution in [3.05, 3.63) is 40.5 Å². The van der Waals surface area contributed by atoms with Crippen molar-refractivity contribution >= 4 is 5.97 Å². The first-order chi connectivity index (χ1) is 15.1. The Morgan fingerprint density at radius 1 is 1.24 bits per heavy atom. The lowest BCUT2D eigenvalue weighted by molar-refractivity contribution is -0.190. The van der Waals surface area contributed by atoms with E-state index in [1.54, 1.807) is 13.8 Å². The molecule has 2 aliphatic rings. The molecule has 4 rings (SSSR count). The quantitative estimate of drug-likeness (QED) is 0.593. The number of nitrogens with zero attached hydrogens (tertiary/aromatic N) is 2. The summed E-state index contributed by atoms with van der Waals surface area (Å²) in [4.78, 5) is 12.8. The van der Waals surface area contributed by atoms with Gasteiger partial charge in [0, 0.05) is 6.42 Å². The molecule has 11 heteroatoms. The number of rotatable bonds is 3. The van der Waals surface area contributed by atoms with E-state index in [0.717, 1.165) is 16.7 Å². The predicted molar refractivity (Wildman–Crippen MR) is 105 cm³/mol. The number of aromatic hydroxyl groups is 2. The largest absolute Gasteiger partial charge is 0.494 e. The van der Waals surface area contributed by atoms with Crippen molar-refractivity contribution in [3.63, 3.8) is 0 Å². The lowest BCUT2D eigenvalue weighted by Crippen LogP contribution is -2.54. The Hall–Kier alpha value is -3.23. The number of benzene rings is 1. The minimum atomic E-state index is -4.86. The minimum Gasteiger partial charge on any atom is -0.494 e. The highest BCUT2D eigenvalue weighted by atomic mass is 19.4. The van der Waals surface area contributed by atoms with Crippen molar-refractivity contribution in [2.45, 2.75) is 63.2 Å². The molecule has 0 spiro atoms. The number of aliphatic hydroxyl groups is 1. The van der Waals surface area contributed by atoms with Gasteiger partial charge < -0.3 is 24.8 Å². The molecule has 1 aromatic heterocycles. The highest BCUT2D eigenvalue weighted by molar-refractivity contribution is 5.85. The van der Waals surface area contributed by atoms with Crippen molar-refractivity contribution in [2.24, 2.45) is 0 Å². The van der Waals surface area contributed by atoms with E-state index in [0.29, 0.717) is 6.07 Å². The van der Waals surface area contributed by atoms with Crippen LogP contribution in [0.4, 0.5) is 13.2 Å². The molecular formula is C22H21F3N2O6. The van der Waals surface area contributed by atoms with Crippen molar-refractivity contribution in [1.82, 2.24) is 4.57 Å². The number of hydrogen-bond donors (Lipinski definition) is 3. The zero-order valence-electron chi connectivity index (χ0n) is 18.1. The summed E-state index contributed by atoms with van der Waals surface area (Å²) in [7, 11) is 0. The van der Waals surface area contributed by atoms with Crippen LogP contribution in [0.25, 0.3) is 5.69 Å². The van der Waals surface area contributed by atoms with Crippen LogP contribution in [0.3, 0.4) is 0 Å². The number of fused-ring (bicyclic) bond motifs is 5. The van der Waals surface area contributed by atoms with Gasteiger partial charge in [0.05, 0.1) is 40.1 Å². The summed E-state index contributed by atoms with van der Waals surface area (Å²) in [6, 6.07) is 4.15. The summed E-state index contributed by atoms with van der Waals surface area (Å²) in [5.41, 5.74) is -7.75. The van der Waals surface area contributed by atoms with Gasteiger partial charge in [0.25, 0.3) is 0 Å². The molecule has 1 fully saturated rings. The smallest absolute Gasteiger partial charge is 0.417 e. The van der Waals surface area contributed by atoms with E-state index in [-0.39, 0.29) is 23.2 Å². The molecule has 176 valence electrons. The topological polar surface area (TPSA) is 125 Å². The molecule has 2 bridgehead atoms. The SMILES string of the molecule is CC(C)OC(=O)[C@]1(O)CC2(C)OC1(C)c1c2c(O)n(-c2ccc(C#N)c(C(F)(F)F)c2)c1O. The molecule has 3 heterocycles. The summed E-state index contributed by atoms with van der Waals surface area (Å²) in [5.74, 6) is -2.30. The number of carbonyl (C=O) groups is 1. The zero-order valence-corrected chi connectivity index (χ0v) is 18.1. The molecule has 0 saturated carbocycles. The second kappa shape index (κ2) is 6.65. The van der Waals surface area contributed by atoms with Gasteiger partial charge in [0.2, 0.25) is 11.8 Å². The van der Waals surface area contributed by atoms with Gasteiger partial charge in [-0.05, 0) is 45.9 Å². The third-order valence-electron chi connectivity index (χ3n) is 6.31. The third-order valence-corrected chi connectivity index (χ3v) is 6.31. The highest BCUT2D eigenvalue weighted by Gasteiger charge is 2.74. The summed E-state index contributed by atoms with van der Waals surface area (Å²) < 4.78 is 52.2. The van der Waals surface area contributed by atoms with E-state index in [4.69, 9.17) is 14.7 Å². The van der Waals surface area contributed by atoms with E-state index < -0.39 is 57.9 Å². The molecule has 3 atom stereocenters. The molecule has 2 aromatic rings. The van der Waals surface area contributed by atoms with Gasteiger partial charge >= 0.3 is 12.1 Å². The normalized spacial score (nSPS) is 28.1. The number of esters is 1. The maximum Gasteiger partial charge on any atom is 0.417 e. The van der Waals surface area contributed by atoms with Gasteiger partial charge in [-0.15, -0.1) is 0 Å². The lowest BCUT2D eigenvalue weighted by atomic mass is 9.69. The van der Waals surface area contributed by atoms with Crippen molar-refractivity contribution < 1.29 is 42.8 Å². The molecule has 8 nitrogen and oxygen atoms in total. The molecule has 1 aromatic carbocycles. The molecule has 33 heavy (non-hydrogen) atoms. The number of alkyl halides is 3. The number of halogens is 3. The average molecular weight is 466 g/mol. The first-order valence-corrected chi connectivity index (χ1v) is 10.0. The summed E-state index contributed by atoms with van der Waals surface area (Å²) in [5, 5.41) is 42.3. The van der Waals surface area contributed by atoms with E-state index in [1.807, 2.05) is 0 Å². The van der Waals surface area contributed by atoms with E-state index in [2.05, 4.69) is 0 Å². The third kappa shape index (κ3) is 2.87. The van der Waals surface area contributed by atoms with Crippen LogP contribution in [0, 0.1) is 11.3 Å². The monoisotopic (exact) mass is 466 g/mol. The fourth-order valence-corrected chi connectivity index (χ4v) is 4.95.